The van der Waals surface area contributed by atoms with Gasteiger partial charge in [-0.3, -0.25) is 0 Å². The number of fused-ring (bicyclic) bond motifs is 1. The standard InChI is InChI=1S/C13H15N3O4/c1-13(2,3)20-12(18)16-10-7-8(11(17)19-4)5-6-9(10)14-15-16/h5-7H,1-4H3. The van der Waals surface area contributed by atoms with Crippen molar-refractivity contribution in [2.45, 2.75) is 26.4 Å². The minimum Gasteiger partial charge on any atom is -0.465 e. The number of carbonyl (C=O) groups excluding carboxylic acids is 2. The predicted molar refractivity (Wildman–Crippen MR) is 70.5 cm³/mol. The Hall–Kier alpha value is -2.44. The average Bonchev–Trinajstić information content (AvgIpc) is 2.78. The lowest BCUT2D eigenvalue weighted by molar-refractivity contribution is 0.0517. The molecule has 0 amide bonds. The van der Waals surface area contributed by atoms with Gasteiger partial charge in [0.05, 0.1) is 12.7 Å². The molecule has 1 heterocycles. The molecular weight excluding hydrogens is 262 g/mol. The number of ether oxygens (including phenoxy) is 2. The first kappa shape index (κ1) is 14.0. The van der Waals surface area contributed by atoms with E-state index in [1.165, 1.54) is 13.2 Å². The van der Waals surface area contributed by atoms with Gasteiger partial charge in [-0.25, -0.2) is 9.59 Å². The van der Waals surface area contributed by atoms with Crippen molar-refractivity contribution in [1.29, 1.82) is 0 Å². The number of aromatic nitrogens is 3. The molecule has 0 saturated carbocycles. The summed E-state index contributed by atoms with van der Waals surface area (Å²) in [5, 5.41) is 7.60. The number of rotatable bonds is 1. The molecule has 0 spiro atoms. The van der Waals surface area contributed by atoms with Gasteiger partial charge in [-0.15, -0.1) is 9.78 Å². The second-order valence-electron chi connectivity index (χ2n) is 5.18. The molecule has 7 nitrogen and oxygen atoms in total. The van der Waals surface area contributed by atoms with E-state index >= 15 is 0 Å². The number of carbonyl (C=O) groups is 2. The van der Waals surface area contributed by atoms with Gasteiger partial charge in [-0.2, -0.15) is 0 Å². The van der Waals surface area contributed by atoms with Gasteiger partial charge < -0.3 is 9.47 Å². The van der Waals surface area contributed by atoms with Crippen molar-refractivity contribution in [2.75, 3.05) is 7.11 Å². The summed E-state index contributed by atoms with van der Waals surface area (Å²) in [6.07, 6.45) is -0.651. The monoisotopic (exact) mass is 277 g/mol. The number of nitrogens with zero attached hydrogens (tertiary/aromatic N) is 3. The molecule has 20 heavy (non-hydrogen) atoms. The van der Waals surface area contributed by atoms with Crippen LogP contribution in [0.2, 0.25) is 0 Å². The van der Waals surface area contributed by atoms with Crippen LogP contribution in [0.5, 0.6) is 0 Å². The van der Waals surface area contributed by atoms with Gasteiger partial charge >= 0.3 is 12.1 Å². The lowest BCUT2D eigenvalue weighted by Crippen LogP contribution is -2.27. The molecule has 0 N–H and O–H groups in total. The fraction of sp³-hybridized carbons (Fsp3) is 0.385. The van der Waals surface area contributed by atoms with Crippen LogP contribution in [-0.2, 0) is 9.47 Å². The molecule has 0 aliphatic heterocycles. The summed E-state index contributed by atoms with van der Waals surface area (Å²) < 4.78 is 10.9. The molecule has 106 valence electrons. The zero-order chi connectivity index (χ0) is 14.9. The molecule has 1 aromatic heterocycles. The minimum absolute atomic E-state index is 0.312. The van der Waals surface area contributed by atoms with Crippen molar-refractivity contribution in [3.05, 3.63) is 23.8 Å². The normalized spacial score (nSPS) is 11.4. The van der Waals surface area contributed by atoms with Crippen LogP contribution in [0, 0.1) is 0 Å². The lowest BCUT2D eigenvalue weighted by Gasteiger charge is -2.18. The zero-order valence-electron chi connectivity index (χ0n) is 11.7. The van der Waals surface area contributed by atoms with Crippen LogP contribution in [0.4, 0.5) is 4.79 Å². The third-order valence-corrected chi connectivity index (χ3v) is 2.43. The van der Waals surface area contributed by atoms with Crippen molar-refractivity contribution in [3.63, 3.8) is 0 Å². The summed E-state index contributed by atoms with van der Waals surface area (Å²) in [4.78, 5) is 23.5. The number of esters is 1. The van der Waals surface area contributed by atoms with E-state index in [0.29, 0.717) is 16.6 Å². The molecule has 0 aliphatic rings. The first-order valence-corrected chi connectivity index (χ1v) is 5.99. The smallest absolute Gasteiger partial charge is 0.437 e. The highest BCUT2D eigenvalue weighted by molar-refractivity contribution is 5.95. The summed E-state index contributed by atoms with van der Waals surface area (Å²) in [6, 6.07) is 4.64. The Morgan fingerprint density at radius 3 is 2.55 bits per heavy atom. The van der Waals surface area contributed by atoms with E-state index in [4.69, 9.17) is 4.74 Å². The van der Waals surface area contributed by atoms with E-state index in [1.54, 1.807) is 32.9 Å². The maximum absolute atomic E-state index is 12.0. The van der Waals surface area contributed by atoms with Crippen molar-refractivity contribution < 1.29 is 19.1 Å². The molecule has 0 aliphatic carbocycles. The van der Waals surface area contributed by atoms with Crippen LogP contribution in [0.3, 0.4) is 0 Å². The Balaban J connectivity index is 2.44. The molecule has 0 radical (unpaired) electrons. The SMILES string of the molecule is COC(=O)c1ccc2nnn(C(=O)OC(C)(C)C)c2c1. The van der Waals surface area contributed by atoms with E-state index in [2.05, 4.69) is 15.0 Å². The van der Waals surface area contributed by atoms with E-state index in [-0.39, 0.29) is 0 Å². The number of benzene rings is 1. The predicted octanol–water partition coefficient (Wildman–Crippen LogP) is 2.00. The fourth-order valence-electron chi connectivity index (χ4n) is 1.60. The van der Waals surface area contributed by atoms with Gasteiger partial charge in [0.15, 0.2) is 0 Å². The van der Waals surface area contributed by atoms with Crippen LogP contribution < -0.4 is 0 Å². The highest BCUT2D eigenvalue weighted by Gasteiger charge is 2.21. The Kier molecular flexibility index (Phi) is 3.44. The highest BCUT2D eigenvalue weighted by Crippen LogP contribution is 2.16. The zero-order valence-corrected chi connectivity index (χ0v) is 11.7. The molecular formula is C13H15N3O4. The van der Waals surface area contributed by atoms with Crippen LogP contribution in [0.15, 0.2) is 18.2 Å². The summed E-state index contributed by atoms with van der Waals surface area (Å²) >= 11 is 0. The molecule has 0 fully saturated rings. The van der Waals surface area contributed by atoms with Crippen LogP contribution in [0.25, 0.3) is 11.0 Å². The average molecular weight is 277 g/mol. The van der Waals surface area contributed by atoms with Gasteiger partial charge in [0.25, 0.3) is 0 Å². The van der Waals surface area contributed by atoms with Crippen LogP contribution in [-0.4, -0.2) is 39.8 Å². The topological polar surface area (TPSA) is 83.3 Å². The minimum atomic E-state index is -0.651. The molecule has 0 unspecified atom stereocenters. The Labute approximate surface area is 115 Å². The maximum Gasteiger partial charge on any atom is 0.437 e. The largest absolute Gasteiger partial charge is 0.465 e. The number of hydrogen-bond acceptors (Lipinski definition) is 6. The molecule has 2 rings (SSSR count). The third kappa shape index (κ3) is 2.76. The van der Waals surface area contributed by atoms with Gasteiger partial charge in [0.2, 0.25) is 0 Å². The molecule has 7 heteroatoms. The van der Waals surface area contributed by atoms with E-state index in [0.717, 1.165) is 4.68 Å². The first-order chi connectivity index (χ1) is 9.31. The lowest BCUT2D eigenvalue weighted by atomic mass is 10.2. The van der Waals surface area contributed by atoms with Gasteiger partial charge in [0.1, 0.15) is 16.6 Å². The van der Waals surface area contributed by atoms with Crippen molar-refractivity contribution in [2.24, 2.45) is 0 Å². The molecule has 2 aromatic rings. The van der Waals surface area contributed by atoms with E-state index in [1.807, 2.05) is 0 Å². The Bertz CT molecular complexity index is 670. The van der Waals surface area contributed by atoms with Gasteiger partial charge in [0, 0.05) is 0 Å². The quantitative estimate of drug-likeness (QED) is 0.741. The van der Waals surface area contributed by atoms with E-state index < -0.39 is 17.7 Å². The van der Waals surface area contributed by atoms with Crippen molar-refractivity contribution in [1.82, 2.24) is 15.0 Å². The highest BCUT2D eigenvalue weighted by atomic mass is 16.6. The molecule has 0 bridgehead atoms. The number of methoxy groups -OCH3 is 1. The summed E-state index contributed by atoms with van der Waals surface area (Å²) in [5.41, 5.74) is 0.549. The first-order valence-electron chi connectivity index (χ1n) is 5.99. The number of hydrogen-bond donors (Lipinski definition) is 0. The van der Waals surface area contributed by atoms with Crippen LogP contribution >= 0.6 is 0 Å². The second-order valence-corrected chi connectivity index (χ2v) is 5.18. The third-order valence-electron chi connectivity index (χ3n) is 2.43. The molecule has 1 aromatic carbocycles. The Morgan fingerprint density at radius 2 is 1.95 bits per heavy atom. The summed E-state index contributed by atoms with van der Waals surface area (Å²) in [5.74, 6) is -0.496. The van der Waals surface area contributed by atoms with E-state index in [9.17, 15) is 9.59 Å². The fourth-order valence-corrected chi connectivity index (χ4v) is 1.60. The molecule has 0 atom stereocenters. The molecule has 0 saturated heterocycles. The Morgan fingerprint density at radius 1 is 1.25 bits per heavy atom. The van der Waals surface area contributed by atoms with Crippen molar-refractivity contribution >= 4 is 23.1 Å². The summed E-state index contributed by atoms with van der Waals surface area (Å²) in [6.45, 7) is 5.26. The van der Waals surface area contributed by atoms with Crippen molar-refractivity contribution in [3.8, 4) is 0 Å². The van der Waals surface area contributed by atoms with Crippen LogP contribution in [0.1, 0.15) is 31.1 Å². The summed E-state index contributed by atoms with van der Waals surface area (Å²) in [7, 11) is 1.29. The maximum atomic E-state index is 12.0. The van der Waals surface area contributed by atoms with Gasteiger partial charge in [-0.1, -0.05) is 5.21 Å². The second kappa shape index (κ2) is 4.92. The van der Waals surface area contributed by atoms with Gasteiger partial charge in [-0.05, 0) is 39.0 Å².